The van der Waals surface area contributed by atoms with Crippen molar-refractivity contribution in [3.8, 4) is 0 Å². The van der Waals surface area contributed by atoms with E-state index in [0.717, 1.165) is 13.2 Å². The number of hydrogen-bond donors (Lipinski definition) is 1. The Labute approximate surface area is 79.7 Å². The maximum Gasteiger partial charge on any atom is 0.0674 e. The van der Waals surface area contributed by atoms with E-state index in [1.165, 1.54) is 6.42 Å². The Hall–Kier alpha value is -0.120. The first kappa shape index (κ1) is 9.44. The zero-order valence-corrected chi connectivity index (χ0v) is 8.44. The number of aliphatic hydroxyl groups excluding tert-OH is 1. The summed E-state index contributed by atoms with van der Waals surface area (Å²) in [6.07, 6.45) is 1.53. The lowest BCUT2D eigenvalue weighted by atomic mass is 10.2. The highest BCUT2D eigenvalue weighted by atomic mass is 16.5. The summed E-state index contributed by atoms with van der Waals surface area (Å²) in [5.41, 5.74) is 0. The van der Waals surface area contributed by atoms with E-state index in [0.29, 0.717) is 30.7 Å². The Kier molecular flexibility index (Phi) is 2.58. The molecule has 0 aromatic rings. The highest BCUT2D eigenvalue weighted by Crippen LogP contribution is 2.37. The fourth-order valence-electron chi connectivity index (χ4n) is 2.23. The summed E-state index contributed by atoms with van der Waals surface area (Å²) in [5.74, 6) is 0.535. The molecule has 4 atom stereocenters. The quantitative estimate of drug-likeness (QED) is 0.679. The summed E-state index contributed by atoms with van der Waals surface area (Å²) in [5, 5.41) is 9.00. The fraction of sp³-hybridized carbons (Fsp3) is 1.00. The minimum atomic E-state index is 0.350. The number of aliphatic hydroxyl groups is 1. The third-order valence-electron chi connectivity index (χ3n) is 3.20. The highest BCUT2D eigenvalue weighted by Gasteiger charge is 2.44. The van der Waals surface area contributed by atoms with E-state index < -0.39 is 0 Å². The maximum atomic E-state index is 9.00. The largest absolute Gasteiger partial charge is 0.396 e. The molecule has 1 heterocycles. The maximum absolute atomic E-state index is 9.00. The molecule has 1 saturated carbocycles. The van der Waals surface area contributed by atoms with Crippen molar-refractivity contribution in [2.45, 2.75) is 38.5 Å². The summed E-state index contributed by atoms with van der Waals surface area (Å²) >= 11 is 0. The minimum Gasteiger partial charge on any atom is -0.396 e. The highest BCUT2D eigenvalue weighted by molar-refractivity contribution is 4.97. The van der Waals surface area contributed by atoms with E-state index in [4.69, 9.17) is 9.84 Å². The molecule has 76 valence electrons. The molecule has 4 unspecified atom stereocenters. The van der Waals surface area contributed by atoms with Crippen LogP contribution in [-0.4, -0.2) is 48.0 Å². The smallest absolute Gasteiger partial charge is 0.0674 e. The van der Waals surface area contributed by atoms with Gasteiger partial charge < -0.3 is 9.84 Å². The lowest BCUT2D eigenvalue weighted by molar-refractivity contribution is -0.0552. The summed E-state index contributed by atoms with van der Waals surface area (Å²) in [4.78, 5) is 2.50. The van der Waals surface area contributed by atoms with Gasteiger partial charge in [0.2, 0.25) is 0 Å². The van der Waals surface area contributed by atoms with E-state index in [1.807, 2.05) is 0 Å². The second-order valence-electron chi connectivity index (χ2n) is 4.44. The van der Waals surface area contributed by atoms with E-state index in [1.54, 1.807) is 0 Å². The number of morpholine rings is 1. The Morgan fingerprint density at radius 3 is 2.85 bits per heavy atom. The van der Waals surface area contributed by atoms with Crippen molar-refractivity contribution in [2.75, 3.05) is 19.8 Å². The number of rotatable bonds is 2. The van der Waals surface area contributed by atoms with Gasteiger partial charge in [-0.1, -0.05) is 0 Å². The molecular formula is C10H19NO2. The molecule has 1 N–H and O–H groups in total. The second kappa shape index (κ2) is 3.56. The predicted molar refractivity (Wildman–Crippen MR) is 50.6 cm³/mol. The molecule has 0 aromatic carbocycles. The van der Waals surface area contributed by atoms with E-state index in [9.17, 15) is 0 Å². The van der Waals surface area contributed by atoms with Gasteiger partial charge in [-0.15, -0.1) is 0 Å². The van der Waals surface area contributed by atoms with Crippen molar-refractivity contribution in [1.82, 2.24) is 4.90 Å². The van der Waals surface area contributed by atoms with E-state index in [-0.39, 0.29) is 0 Å². The van der Waals surface area contributed by atoms with Gasteiger partial charge >= 0.3 is 0 Å². The number of hydrogen-bond acceptors (Lipinski definition) is 3. The molecule has 1 saturated heterocycles. The van der Waals surface area contributed by atoms with E-state index in [2.05, 4.69) is 18.7 Å². The number of nitrogens with zero attached hydrogens (tertiary/aromatic N) is 1. The van der Waals surface area contributed by atoms with Crippen LogP contribution in [0.25, 0.3) is 0 Å². The molecule has 2 aliphatic rings. The first-order chi connectivity index (χ1) is 6.22. The van der Waals surface area contributed by atoms with Gasteiger partial charge in [0.05, 0.1) is 12.7 Å². The summed E-state index contributed by atoms with van der Waals surface area (Å²) < 4.78 is 5.56. The monoisotopic (exact) mass is 185 g/mol. The lowest BCUT2D eigenvalue weighted by Gasteiger charge is -2.37. The average Bonchev–Trinajstić information content (AvgIpc) is 2.88. The molecule has 0 amide bonds. The Morgan fingerprint density at radius 2 is 2.23 bits per heavy atom. The molecule has 0 bridgehead atoms. The van der Waals surface area contributed by atoms with Gasteiger partial charge in [-0.2, -0.15) is 0 Å². The van der Waals surface area contributed by atoms with Crippen LogP contribution in [0.1, 0.15) is 20.3 Å². The van der Waals surface area contributed by atoms with Crippen molar-refractivity contribution in [1.29, 1.82) is 0 Å². The van der Waals surface area contributed by atoms with Crippen LogP contribution >= 0.6 is 0 Å². The van der Waals surface area contributed by atoms with Crippen LogP contribution in [0.5, 0.6) is 0 Å². The topological polar surface area (TPSA) is 32.7 Å². The minimum absolute atomic E-state index is 0.350. The van der Waals surface area contributed by atoms with Crippen LogP contribution < -0.4 is 0 Å². The van der Waals surface area contributed by atoms with Crippen LogP contribution in [0.2, 0.25) is 0 Å². The Morgan fingerprint density at radius 1 is 1.46 bits per heavy atom. The van der Waals surface area contributed by atoms with E-state index >= 15 is 0 Å². The van der Waals surface area contributed by atoms with Gasteiger partial charge in [-0.3, -0.25) is 4.90 Å². The molecule has 0 radical (unpaired) electrons. The number of ether oxygens (including phenoxy) is 1. The van der Waals surface area contributed by atoms with Crippen LogP contribution in [0.4, 0.5) is 0 Å². The molecule has 3 nitrogen and oxygen atoms in total. The van der Waals surface area contributed by atoms with Crippen molar-refractivity contribution >= 4 is 0 Å². The average molecular weight is 185 g/mol. The molecule has 1 aliphatic carbocycles. The van der Waals surface area contributed by atoms with Gasteiger partial charge in [0.15, 0.2) is 0 Å². The van der Waals surface area contributed by atoms with Crippen LogP contribution in [0.3, 0.4) is 0 Å². The SMILES string of the molecule is CC1CN(C2CC2CO)C(C)CO1. The standard InChI is InChI=1S/C10H19NO2/c1-7-6-13-8(2)4-11(7)10-3-9(10)5-12/h7-10,12H,3-6H2,1-2H3. The van der Waals surface area contributed by atoms with Gasteiger partial charge in [0.1, 0.15) is 0 Å². The van der Waals surface area contributed by atoms with Crippen LogP contribution in [-0.2, 0) is 4.74 Å². The zero-order chi connectivity index (χ0) is 9.42. The fourth-order valence-corrected chi connectivity index (χ4v) is 2.23. The van der Waals surface area contributed by atoms with Gasteiger partial charge in [-0.25, -0.2) is 0 Å². The van der Waals surface area contributed by atoms with Gasteiger partial charge in [0, 0.05) is 25.2 Å². The second-order valence-corrected chi connectivity index (χ2v) is 4.44. The molecule has 0 aromatic heterocycles. The molecular weight excluding hydrogens is 166 g/mol. The normalized spacial score (nSPS) is 46.4. The molecule has 0 spiro atoms. The first-order valence-electron chi connectivity index (χ1n) is 5.20. The summed E-state index contributed by atoms with van der Waals surface area (Å²) in [6.45, 7) is 6.55. The first-order valence-corrected chi connectivity index (χ1v) is 5.20. The van der Waals surface area contributed by atoms with Crippen LogP contribution in [0, 0.1) is 5.92 Å². The summed E-state index contributed by atoms with van der Waals surface area (Å²) in [6, 6.07) is 1.16. The molecule has 3 heteroatoms. The molecule has 2 fully saturated rings. The molecule has 2 rings (SSSR count). The predicted octanol–water partition coefficient (Wildman–Crippen LogP) is 0.476. The molecule has 13 heavy (non-hydrogen) atoms. The van der Waals surface area contributed by atoms with Crippen molar-refractivity contribution in [3.05, 3.63) is 0 Å². The Balaban J connectivity index is 1.90. The van der Waals surface area contributed by atoms with Crippen molar-refractivity contribution in [3.63, 3.8) is 0 Å². The van der Waals surface area contributed by atoms with Crippen LogP contribution in [0.15, 0.2) is 0 Å². The molecule has 1 aliphatic heterocycles. The summed E-state index contributed by atoms with van der Waals surface area (Å²) in [7, 11) is 0. The van der Waals surface area contributed by atoms with Crippen molar-refractivity contribution in [2.24, 2.45) is 5.92 Å². The van der Waals surface area contributed by atoms with Crippen molar-refractivity contribution < 1.29 is 9.84 Å². The van der Waals surface area contributed by atoms with Gasteiger partial charge in [-0.05, 0) is 26.2 Å². The third-order valence-corrected chi connectivity index (χ3v) is 3.20. The third kappa shape index (κ3) is 1.87. The zero-order valence-electron chi connectivity index (χ0n) is 8.44. The van der Waals surface area contributed by atoms with Gasteiger partial charge in [0.25, 0.3) is 0 Å². The Bertz CT molecular complexity index is 186. The lowest BCUT2D eigenvalue weighted by Crippen LogP contribution is -2.48.